The zero-order valence-electron chi connectivity index (χ0n) is 20.5. The summed E-state index contributed by atoms with van der Waals surface area (Å²) in [7, 11) is -3.20. The Morgan fingerprint density at radius 1 is 1.32 bits per heavy atom. The second-order valence-corrected chi connectivity index (χ2v) is 10.4. The molecule has 0 aromatic carbocycles. The minimum Gasteiger partial charge on any atom is -0.378 e. The second-order valence-electron chi connectivity index (χ2n) is 8.16. The third-order valence-corrected chi connectivity index (χ3v) is 6.92. The topological polar surface area (TPSA) is 193 Å². The summed E-state index contributed by atoms with van der Waals surface area (Å²) in [5, 5.41) is 14.0. The molecule has 4 aromatic heterocycles. The number of amides is 1. The first kappa shape index (κ1) is 27.6. The average molecular weight is 563 g/mol. The van der Waals surface area contributed by atoms with E-state index in [9.17, 15) is 9.36 Å². The van der Waals surface area contributed by atoms with E-state index in [1.165, 1.54) is 16.1 Å². The van der Waals surface area contributed by atoms with E-state index in [-0.39, 0.29) is 18.1 Å². The van der Waals surface area contributed by atoms with Gasteiger partial charge in [0.25, 0.3) is 5.91 Å². The highest BCUT2D eigenvalue weighted by atomic mass is 32.1. The van der Waals surface area contributed by atoms with Gasteiger partial charge in [-0.25, -0.2) is 9.55 Å². The molecule has 0 saturated heterocycles. The Labute approximate surface area is 221 Å². The van der Waals surface area contributed by atoms with Crippen molar-refractivity contribution in [1.82, 2.24) is 29.6 Å². The number of phosphoric ester groups is 1. The Kier molecular flexibility index (Phi) is 8.66. The van der Waals surface area contributed by atoms with Gasteiger partial charge in [0, 0.05) is 31.5 Å². The molecule has 14 nitrogen and oxygen atoms in total. The summed E-state index contributed by atoms with van der Waals surface area (Å²) in [5.41, 5.74) is 2.98. The van der Waals surface area contributed by atoms with Gasteiger partial charge < -0.3 is 25.7 Å². The van der Waals surface area contributed by atoms with Gasteiger partial charge in [0.2, 0.25) is 0 Å². The Morgan fingerprint density at radius 2 is 2.08 bits per heavy atom. The van der Waals surface area contributed by atoms with Crippen molar-refractivity contribution in [1.29, 1.82) is 0 Å². The van der Waals surface area contributed by atoms with E-state index in [4.69, 9.17) is 25.5 Å². The number of hydrogen-bond donors (Lipinski definition) is 4. The first-order valence-electron chi connectivity index (χ1n) is 11.5. The first-order valence-corrected chi connectivity index (χ1v) is 13.9. The highest BCUT2D eigenvalue weighted by Crippen LogP contribution is 2.37. The van der Waals surface area contributed by atoms with Gasteiger partial charge in [-0.1, -0.05) is 6.07 Å². The number of phosphoric acid groups is 1. The Morgan fingerprint density at radius 3 is 2.68 bits per heavy atom. The molecule has 16 heteroatoms. The van der Waals surface area contributed by atoms with E-state index < -0.39 is 7.82 Å². The molecule has 0 spiro atoms. The van der Waals surface area contributed by atoms with Crippen molar-refractivity contribution >= 4 is 30.8 Å². The van der Waals surface area contributed by atoms with Crippen LogP contribution in [0.15, 0.2) is 48.4 Å². The van der Waals surface area contributed by atoms with E-state index in [1.54, 1.807) is 24.0 Å². The molecule has 0 atom stereocenters. The number of hydrogen-bond acceptors (Lipinski definition) is 10. The van der Waals surface area contributed by atoms with Crippen LogP contribution in [0.2, 0.25) is 0 Å². The summed E-state index contributed by atoms with van der Waals surface area (Å²) in [6.07, 6.45) is 8.88. The molecule has 5 N–H and O–H groups in total. The summed E-state index contributed by atoms with van der Waals surface area (Å²) in [6.45, 7) is 2.71. The smallest absolute Gasteiger partial charge is 0.378 e. The van der Waals surface area contributed by atoms with Gasteiger partial charge >= 0.3 is 7.82 Å². The normalized spacial score (nSPS) is 16.8. The summed E-state index contributed by atoms with van der Waals surface area (Å²) in [4.78, 5) is 38.4. The molecule has 1 aliphatic carbocycles. The third kappa shape index (κ3) is 6.89. The first-order chi connectivity index (χ1) is 18.2. The number of rotatable bonds is 8. The lowest BCUT2D eigenvalue weighted by Crippen LogP contribution is -2.33. The average Bonchev–Trinajstić information content (AvgIpc) is 3.61. The van der Waals surface area contributed by atoms with Crippen LogP contribution in [-0.2, 0) is 13.8 Å². The molecule has 1 amide bonds. The molecule has 1 saturated carbocycles. The minimum atomic E-state index is -4.15. The van der Waals surface area contributed by atoms with E-state index in [0.717, 1.165) is 25.5 Å². The molecule has 4 heterocycles. The van der Waals surface area contributed by atoms with Gasteiger partial charge in [0.05, 0.1) is 41.5 Å². The fourth-order valence-corrected chi connectivity index (χ4v) is 4.41. The van der Waals surface area contributed by atoms with Crippen LogP contribution in [-0.4, -0.2) is 65.2 Å². The number of carbonyl (C=O) groups is 1. The number of pyridine rings is 1. The molecular weight excluding hydrogens is 535 g/mol. The Hall–Kier alpha value is -3.46. The molecule has 0 bridgehead atoms. The summed E-state index contributed by atoms with van der Waals surface area (Å²) in [6, 6.07) is 5.85. The van der Waals surface area contributed by atoms with Crippen molar-refractivity contribution in [3.63, 3.8) is 0 Å². The van der Waals surface area contributed by atoms with Crippen LogP contribution in [0.4, 0.5) is 5.69 Å². The van der Waals surface area contributed by atoms with Crippen molar-refractivity contribution in [3.05, 3.63) is 54.1 Å². The molecule has 4 aromatic rings. The Balaban J connectivity index is 0.000000505. The molecular formula is C22H27N8O6PS. The van der Waals surface area contributed by atoms with Gasteiger partial charge in [-0.3, -0.25) is 19.0 Å². The summed E-state index contributed by atoms with van der Waals surface area (Å²) in [5.74, 6) is 5.29. The highest BCUT2D eigenvalue weighted by Gasteiger charge is 2.32. The number of nitrogens with zero attached hydrogens (tertiary/aromatic N) is 6. The fourth-order valence-electron chi connectivity index (χ4n) is 3.63. The van der Waals surface area contributed by atoms with E-state index in [0.29, 0.717) is 34.4 Å². The zero-order chi connectivity index (χ0) is 27.3. The van der Waals surface area contributed by atoms with Crippen molar-refractivity contribution in [2.24, 2.45) is 0 Å². The van der Waals surface area contributed by atoms with E-state index >= 15 is 0 Å². The number of nitrogen functional groups attached to an aromatic ring is 1. The van der Waals surface area contributed by atoms with Crippen molar-refractivity contribution in [2.45, 2.75) is 31.9 Å². The number of carbonyl (C=O) groups excluding carboxylic acids is 1. The molecule has 38 heavy (non-hydrogen) atoms. The largest absolute Gasteiger partial charge is 0.469 e. The molecule has 202 valence electrons. The van der Waals surface area contributed by atoms with E-state index in [2.05, 4.69) is 24.9 Å². The maximum absolute atomic E-state index is 13.0. The van der Waals surface area contributed by atoms with Crippen molar-refractivity contribution in [3.8, 4) is 22.0 Å². The number of anilines is 1. The van der Waals surface area contributed by atoms with Gasteiger partial charge in [-0.2, -0.15) is 15.0 Å². The molecule has 0 aliphatic heterocycles. The lowest BCUT2D eigenvalue weighted by atomic mass is 9.89. The Bertz CT molecular complexity index is 1410. The quantitative estimate of drug-likeness (QED) is 0.182. The molecule has 1 aliphatic rings. The molecule has 0 radical (unpaired) electrons. The van der Waals surface area contributed by atoms with Crippen LogP contribution < -0.4 is 11.2 Å². The van der Waals surface area contributed by atoms with Crippen molar-refractivity contribution in [2.75, 3.05) is 24.9 Å². The molecule has 5 rings (SSSR count). The lowest BCUT2D eigenvalue weighted by molar-refractivity contribution is -0.0226. The lowest BCUT2D eigenvalue weighted by Gasteiger charge is -2.34. The van der Waals surface area contributed by atoms with Gasteiger partial charge in [-0.05, 0) is 31.9 Å². The molecule has 1 fully saturated rings. The van der Waals surface area contributed by atoms with Crippen LogP contribution in [0.5, 0.6) is 0 Å². The van der Waals surface area contributed by atoms with Crippen LogP contribution in [0.3, 0.4) is 0 Å². The summed E-state index contributed by atoms with van der Waals surface area (Å²) >= 11 is 1.36. The predicted octanol–water partition coefficient (Wildman–Crippen LogP) is 2.70. The number of nitrogens with two attached hydrogens (primary N) is 1. The monoisotopic (exact) mass is 562 g/mol. The SMILES string of the molecule is CCOC1CC(n2cc(NC(=O)c3csc(-c4cnn(N)c4)n3)c(-c3ccccn3)n2)C1.COP(=O)(O)O. The van der Waals surface area contributed by atoms with Gasteiger partial charge in [0.15, 0.2) is 0 Å². The minimum absolute atomic E-state index is 0.235. The second kappa shape index (κ2) is 11.9. The van der Waals surface area contributed by atoms with Crippen LogP contribution in [0, 0.1) is 0 Å². The third-order valence-electron chi connectivity index (χ3n) is 5.56. The maximum atomic E-state index is 13.0. The van der Waals surface area contributed by atoms with Crippen LogP contribution in [0.1, 0.15) is 36.3 Å². The highest BCUT2D eigenvalue weighted by molar-refractivity contribution is 7.46. The number of thiazole rings is 1. The standard InChI is InChI=1S/C21H22N8O2S.CH5O4P/c1-2-31-15-7-14(8-15)28-11-17(19(27-28)16-5-3-4-6-23-16)25-20(30)18-12-32-21(26-18)13-9-24-29(22)10-13;1-5-6(2,3)4/h3-6,9-12,14-15H,2,7-8,22H2,1H3,(H,25,30);1H3,(H2,2,3,4). The summed E-state index contributed by atoms with van der Waals surface area (Å²) < 4.78 is 20.6. The van der Waals surface area contributed by atoms with Crippen LogP contribution >= 0.6 is 19.2 Å². The fraction of sp³-hybridized carbons (Fsp3) is 0.318. The number of aromatic nitrogens is 6. The zero-order valence-corrected chi connectivity index (χ0v) is 22.2. The number of ether oxygens (including phenoxy) is 1. The predicted molar refractivity (Wildman–Crippen MR) is 140 cm³/mol. The number of nitrogens with one attached hydrogen (secondary N) is 1. The van der Waals surface area contributed by atoms with E-state index in [1.807, 2.05) is 36.0 Å². The van der Waals surface area contributed by atoms with Gasteiger partial charge in [0.1, 0.15) is 16.4 Å². The molecule has 0 unspecified atom stereocenters. The maximum Gasteiger partial charge on any atom is 0.469 e. The van der Waals surface area contributed by atoms with Gasteiger partial charge in [-0.15, -0.1) is 11.3 Å². The van der Waals surface area contributed by atoms with Crippen LogP contribution in [0.25, 0.3) is 22.0 Å². The van der Waals surface area contributed by atoms with Crippen molar-refractivity contribution < 1.29 is 28.4 Å².